The fraction of sp³-hybridized carbons (Fsp3) is 0.118. The van der Waals surface area contributed by atoms with Gasteiger partial charge in [-0.25, -0.2) is 0 Å². The van der Waals surface area contributed by atoms with Gasteiger partial charge in [0.2, 0.25) is 0 Å². The van der Waals surface area contributed by atoms with Gasteiger partial charge in [0, 0.05) is 16.8 Å². The van der Waals surface area contributed by atoms with E-state index in [0.29, 0.717) is 11.3 Å². The van der Waals surface area contributed by atoms with Crippen LogP contribution in [0.2, 0.25) is 0 Å². The van der Waals surface area contributed by atoms with Gasteiger partial charge >= 0.3 is 0 Å². The van der Waals surface area contributed by atoms with Gasteiger partial charge < -0.3 is 5.11 Å². The molecule has 0 aromatic heterocycles. The summed E-state index contributed by atoms with van der Waals surface area (Å²) in [5.41, 5.74) is 3.03. The summed E-state index contributed by atoms with van der Waals surface area (Å²) in [6.45, 7) is 3.88. The highest BCUT2D eigenvalue weighted by molar-refractivity contribution is 6.09. The summed E-state index contributed by atoms with van der Waals surface area (Å²) in [7, 11) is 0. The van der Waals surface area contributed by atoms with Crippen molar-refractivity contribution < 1.29 is 9.90 Å². The van der Waals surface area contributed by atoms with Crippen molar-refractivity contribution >= 4 is 11.6 Å². The Balaban J connectivity index is 2.03. The van der Waals surface area contributed by atoms with Gasteiger partial charge in [0.15, 0.2) is 0 Å². The molecule has 20 heavy (non-hydrogen) atoms. The Hall–Kier alpha value is -2.39. The van der Waals surface area contributed by atoms with Crippen molar-refractivity contribution in [2.45, 2.75) is 6.04 Å². The molecule has 1 N–H and O–H groups in total. The van der Waals surface area contributed by atoms with Crippen LogP contribution in [0.3, 0.4) is 0 Å². The standard InChI is InChI=1S/C17H15NO2/c1-12-14-9-5-6-10-15(14)17(20)18(12)16(11-19)13-7-3-2-4-8-13/h2-10,16,19H,1,11H2/t16-/m1/s1. The van der Waals surface area contributed by atoms with Gasteiger partial charge in [-0.05, 0) is 11.6 Å². The summed E-state index contributed by atoms with van der Waals surface area (Å²) >= 11 is 0. The molecule has 2 aromatic carbocycles. The first kappa shape index (κ1) is 12.6. The minimum absolute atomic E-state index is 0.103. The number of benzene rings is 2. The third kappa shape index (κ3) is 1.84. The molecular formula is C17H15NO2. The molecule has 0 radical (unpaired) electrons. The van der Waals surface area contributed by atoms with E-state index in [0.717, 1.165) is 11.1 Å². The third-order valence-electron chi connectivity index (χ3n) is 3.65. The van der Waals surface area contributed by atoms with Gasteiger partial charge in [0.1, 0.15) is 0 Å². The van der Waals surface area contributed by atoms with E-state index in [1.165, 1.54) is 0 Å². The molecule has 1 aliphatic rings. The first-order chi connectivity index (χ1) is 9.74. The van der Waals surface area contributed by atoms with E-state index >= 15 is 0 Å². The van der Waals surface area contributed by atoms with Crippen molar-refractivity contribution in [1.29, 1.82) is 0 Å². The molecule has 0 aliphatic carbocycles. The number of rotatable bonds is 3. The lowest BCUT2D eigenvalue weighted by atomic mass is 10.1. The maximum Gasteiger partial charge on any atom is 0.259 e. The number of aliphatic hydroxyl groups is 1. The molecule has 1 amide bonds. The molecule has 100 valence electrons. The molecular weight excluding hydrogens is 250 g/mol. The topological polar surface area (TPSA) is 40.5 Å². The molecule has 3 heteroatoms. The van der Waals surface area contributed by atoms with E-state index in [1.54, 1.807) is 11.0 Å². The quantitative estimate of drug-likeness (QED) is 0.927. The number of amides is 1. The molecule has 1 heterocycles. The smallest absolute Gasteiger partial charge is 0.259 e. The zero-order valence-corrected chi connectivity index (χ0v) is 11.0. The predicted molar refractivity (Wildman–Crippen MR) is 77.9 cm³/mol. The summed E-state index contributed by atoms with van der Waals surface area (Å²) in [6.07, 6.45) is 0. The second kappa shape index (κ2) is 4.94. The number of nitrogens with zero attached hydrogens (tertiary/aromatic N) is 1. The Bertz CT molecular complexity index is 629. The molecule has 0 saturated carbocycles. The highest BCUT2D eigenvalue weighted by Crippen LogP contribution is 2.37. The first-order valence-corrected chi connectivity index (χ1v) is 6.51. The monoisotopic (exact) mass is 265 g/mol. The summed E-state index contributed by atoms with van der Waals surface area (Å²) in [4.78, 5) is 14.1. The van der Waals surface area contributed by atoms with Crippen LogP contribution in [0, 0.1) is 0 Å². The number of hydrogen-bond acceptors (Lipinski definition) is 2. The zero-order chi connectivity index (χ0) is 14.1. The lowest BCUT2D eigenvalue weighted by molar-refractivity contribution is 0.0748. The Labute approximate surface area is 117 Å². The molecule has 0 saturated heterocycles. The van der Waals surface area contributed by atoms with Crippen molar-refractivity contribution in [1.82, 2.24) is 4.90 Å². The molecule has 2 aromatic rings. The van der Waals surface area contributed by atoms with Crippen molar-refractivity contribution in [3.8, 4) is 0 Å². The Morgan fingerprint density at radius 3 is 2.20 bits per heavy atom. The SMILES string of the molecule is C=C1c2ccccc2C(=O)N1[C@H](CO)c1ccccc1. The second-order valence-corrected chi connectivity index (χ2v) is 4.78. The van der Waals surface area contributed by atoms with Crippen LogP contribution in [0.5, 0.6) is 0 Å². The fourth-order valence-corrected chi connectivity index (χ4v) is 2.64. The van der Waals surface area contributed by atoms with Gasteiger partial charge in [-0.1, -0.05) is 55.1 Å². The Kier molecular flexibility index (Phi) is 3.12. The molecule has 0 unspecified atom stereocenters. The van der Waals surface area contributed by atoms with Gasteiger partial charge in [0.05, 0.1) is 12.6 Å². The number of fused-ring (bicyclic) bond motifs is 1. The lowest BCUT2D eigenvalue weighted by Crippen LogP contribution is -2.30. The molecule has 3 nitrogen and oxygen atoms in total. The molecule has 0 bridgehead atoms. The third-order valence-corrected chi connectivity index (χ3v) is 3.65. The maximum atomic E-state index is 12.5. The maximum absolute atomic E-state index is 12.5. The summed E-state index contributed by atoms with van der Waals surface area (Å²) in [5.74, 6) is -0.103. The fourth-order valence-electron chi connectivity index (χ4n) is 2.64. The van der Waals surface area contributed by atoms with Gasteiger partial charge in [-0.2, -0.15) is 0 Å². The van der Waals surface area contributed by atoms with Crippen LogP contribution in [0.25, 0.3) is 5.70 Å². The minimum Gasteiger partial charge on any atom is -0.394 e. The zero-order valence-electron chi connectivity index (χ0n) is 11.0. The summed E-state index contributed by atoms with van der Waals surface area (Å²) < 4.78 is 0. The highest BCUT2D eigenvalue weighted by Gasteiger charge is 2.35. The first-order valence-electron chi connectivity index (χ1n) is 6.51. The van der Waals surface area contributed by atoms with Crippen molar-refractivity contribution in [3.63, 3.8) is 0 Å². The van der Waals surface area contributed by atoms with E-state index in [2.05, 4.69) is 6.58 Å². The lowest BCUT2D eigenvalue weighted by Gasteiger charge is -2.27. The molecule has 1 aliphatic heterocycles. The average Bonchev–Trinajstić information content (AvgIpc) is 2.75. The van der Waals surface area contributed by atoms with Crippen molar-refractivity contribution in [3.05, 3.63) is 77.9 Å². The van der Waals surface area contributed by atoms with Crippen molar-refractivity contribution in [2.24, 2.45) is 0 Å². The second-order valence-electron chi connectivity index (χ2n) is 4.78. The van der Waals surface area contributed by atoms with Crippen LogP contribution in [0.4, 0.5) is 0 Å². The van der Waals surface area contributed by atoms with E-state index in [9.17, 15) is 9.90 Å². The van der Waals surface area contributed by atoms with E-state index < -0.39 is 6.04 Å². The van der Waals surface area contributed by atoms with Gasteiger partial charge in [-0.15, -0.1) is 0 Å². The minimum atomic E-state index is -0.399. The predicted octanol–water partition coefficient (Wildman–Crippen LogP) is 2.85. The number of aliphatic hydroxyl groups excluding tert-OH is 1. The van der Waals surface area contributed by atoms with Crippen LogP contribution in [-0.4, -0.2) is 22.5 Å². The summed E-state index contributed by atoms with van der Waals surface area (Å²) in [6, 6.07) is 16.5. The Morgan fingerprint density at radius 2 is 1.60 bits per heavy atom. The van der Waals surface area contributed by atoms with Gasteiger partial charge in [-0.3, -0.25) is 9.69 Å². The normalized spacial score (nSPS) is 15.3. The van der Waals surface area contributed by atoms with Crippen LogP contribution in [0.1, 0.15) is 27.5 Å². The largest absolute Gasteiger partial charge is 0.394 e. The Morgan fingerprint density at radius 1 is 1.00 bits per heavy atom. The number of hydrogen-bond donors (Lipinski definition) is 1. The molecule has 0 spiro atoms. The van der Waals surface area contributed by atoms with E-state index in [1.807, 2.05) is 48.5 Å². The van der Waals surface area contributed by atoms with Crippen LogP contribution >= 0.6 is 0 Å². The number of carbonyl (C=O) groups is 1. The van der Waals surface area contributed by atoms with E-state index in [-0.39, 0.29) is 12.5 Å². The number of carbonyl (C=O) groups excluding carboxylic acids is 1. The average molecular weight is 265 g/mol. The molecule has 1 atom stereocenters. The summed E-state index contributed by atoms with van der Waals surface area (Å²) in [5, 5.41) is 9.72. The van der Waals surface area contributed by atoms with E-state index in [4.69, 9.17) is 0 Å². The molecule has 3 rings (SSSR count). The molecule has 0 fully saturated rings. The van der Waals surface area contributed by atoms with Crippen molar-refractivity contribution in [2.75, 3.05) is 6.61 Å². The van der Waals surface area contributed by atoms with Crippen LogP contribution in [0.15, 0.2) is 61.2 Å². The highest BCUT2D eigenvalue weighted by atomic mass is 16.3. The van der Waals surface area contributed by atoms with Crippen LogP contribution in [-0.2, 0) is 0 Å². The van der Waals surface area contributed by atoms with Gasteiger partial charge in [0.25, 0.3) is 5.91 Å². The van der Waals surface area contributed by atoms with Crippen LogP contribution < -0.4 is 0 Å².